The van der Waals surface area contributed by atoms with Crippen LogP contribution in [0.15, 0.2) is 72.9 Å². The van der Waals surface area contributed by atoms with Crippen molar-refractivity contribution in [1.29, 1.82) is 0 Å². The number of unbranched alkanes of at least 4 members (excludes halogenated alkanes) is 18. The first-order valence-electron chi connectivity index (χ1n) is 22.9. The fraction of sp³-hybridized carbons (Fsp3) is 0.729. The second kappa shape index (κ2) is 45.0. The Labute approximate surface area is 350 Å². The molecule has 8 nitrogen and oxygen atoms in total. The van der Waals surface area contributed by atoms with E-state index in [0.29, 0.717) is 13.0 Å². The zero-order valence-corrected chi connectivity index (χ0v) is 37.4. The summed E-state index contributed by atoms with van der Waals surface area (Å²) < 4.78 is 33.5. The number of carbonyl (C=O) groups excluding carboxylic acids is 1. The van der Waals surface area contributed by atoms with E-state index in [1.54, 1.807) is 0 Å². The van der Waals surface area contributed by atoms with Crippen molar-refractivity contribution in [2.24, 2.45) is 5.73 Å². The molecule has 0 radical (unpaired) electrons. The highest BCUT2D eigenvalue weighted by Gasteiger charge is 2.25. The average molecular weight is 820 g/mol. The van der Waals surface area contributed by atoms with Crippen molar-refractivity contribution in [3.63, 3.8) is 0 Å². The monoisotopic (exact) mass is 820 g/mol. The van der Waals surface area contributed by atoms with Crippen LogP contribution < -0.4 is 5.73 Å². The number of hydrogen-bond donors (Lipinski definition) is 2. The summed E-state index contributed by atoms with van der Waals surface area (Å²) in [6.45, 7) is 4.74. The van der Waals surface area contributed by atoms with E-state index in [-0.39, 0.29) is 32.3 Å². The van der Waals surface area contributed by atoms with Gasteiger partial charge in [-0.05, 0) is 77.0 Å². The molecule has 57 heavy (non-hydrogen) atoms. The SMILES string of the molecule is CC/C=C\C/C=C\C/C=C\C/C=C\CCCCCCCCCCCCCOCC(COP(=O)(O)OCCN)OC(=O)CCCCCCC/C=C\C/C=C\CCCC. The molecule has 0 heterocycles. The van der Waals surface area contributed by atoms with Crippen LogP contribution in [0, 0.1) is 0 Å². The minimum atomic E-state index is -4.29. The summed E-state index contributed by atoms with van der Waals surface area (Å²) in [6, 6.07) is 0. The number of phosphoric acid groups is 1. The van der Waals surface area contributed by atoms with E-state index in [1.807, 2.05) is 0 Å². The molecule has 9 heteroatoms. The largest absolute Gasteiger partial charge is 0.472 e. The third kappa shape index (κ3) is 44.9. The molecular weight excluding hydrogens is 734 g/mol. The maximum atomic E-state index is 12.6. The normalized spacial score (nSPS) is 14.1. The van der Waals surface area contributed by atoms with E-state index in [1.165, 1.54) is 83.5 Å². The van der Waals surface area contributed by atoms with Crippen LogP contribution in [0.4, 0.5) is 0 Å². The average Bonchev–Trinajstić information content (AvgIpc) is 3.20. The highest BCUT2D eigenvalue weighted by atomic mass is 31.2. The number of carbonyl (C=O) groups is 1. The second-order valence-electron chi connectivity index (χ2n) is 14.9. The van der Waals surface area contributed by atoms with Gasteiger partial charge in [0.2, 0.25) is 0 Å². The molecule has 3 N–H and O–H groups in total. The van der Waals surface area contributed by atoms with Gasteiger partial charge in [-0.1, -0.05) is 177 Å². The van der Waals surface area contributed by atoms with E-state index in [4.69, 9.17) is 24.3 Å². The third-order valence-corrected chi connectivity index (χ3v) is 10.3. The van der Waals surface area contributed by atoms with E-state index in [9.17, 15) is 14.3 Å². The van der Waals surface area contributed by atoms with E-state index < -0.39 is 13.9 Å². The number of phosphoric ester groups is 1. The molecule has 330 valence electrons. The quantitative estimate of drug-likeness (QED) is 0.0270. The van der Waals surface area contributed by atoms with Crippen molar-refractivity contribution < 1.29 is 32.8 Å². The van der Waals surface area contributed by atoms with Gasteiger partial charge in [0.25, 0.3) is 0 Å². The molecule has 0 spiro atoms. The van der Waals surface area contributed by atoms with Gasteiger partial charge in [-0.2, -0.15) is 0 Å². The second-order valence-corrected chi connectivity index (χ2v) is 16.3. The number of rotatable bonds is 43. The van der Waals surface area contributed by atoms with Gasteiger partial charge in [-0.25, -0.2) is 4.57 Å². The summed E-state index contributed by atoms with van der Waals surface area (Å²) in [5.41, 5.74) is 5.37. The number of ether oxygens (including phenoxy) is 2. The Morgan fingerprint density at radius 3 is 1.47 bits per heavy atom. The molecule has 2 atom stereocenters. The van der Waals surface area contributed by atoms with Crippen LogP contribution in [0.5, 0.6) is 0 Å². The standard InChI is InChI=1S/C48H86NO7P/c1-3-5-7-9-11-13-15-17-19-20-21-22-23-24-25-26-27-28-30-32-34-36-38-40-43-53-45-47(46-55-57(51,52)54-44-42-49)56-48(50)41-39-37-35-33-31-29-18-16-14-12-10-8-6-4-2/h5,7,10-13,16-19,21-22,47H,3-4,6,8-9,14-15,20,23-46,49H2,1-2H3,(H,51,52)/b7-5-,12-10-,13-11-,18-16-,19-17-,22-21-. The number of allylic oxidation sites excluding steroid dienone is 12. The number of esters is 1. The third-order valence-electron chi connectivity index (χ3n) is 9.36. The van der Waals surface area contributed by atoms with Gasteiger partial charge in [0, 0.05) is 19.6 Å². The molecule has 0 fully saturated rings. The highest BCUT2D eigenvalue weighted by molar-refractivity contribution is 7.47. The number of hydrogen-bond acceptors (Lipinski definition) is 7. The molecule has 0 aliphatic carbocycles. The fourth-order valence-electron chi connectivity index (χ4n) is 6.00. The predicted octanol–water partition coefficient (Wildman–Crippen LogP) is 13.9. The molecule has 0 saturated heterocycles. The van der Waals surface area contributed by atoms with Gasteiger partial charge in [-0.3, -0.25) is 13.8 Å². The summed E-state index contributed by atoms with van der Waals surface area (Å²) in [4.78, 5) is 22.5. The van der Waals surface area contributed by atoms with Crippen LogP contribution in [0.1, 0.15) is 187 Å². The first kappa shape index (κ1) is 54.9. The molecule has 0 aromatic heterocycles. The highest BCUT2D eigenvalue weighted by Crippen LogP contribution is 2.43. The summed E-state index contributed by atoms with van der Waals surface area (Å²) in [5.74, 6) is -0.348. The van der Waals surface area contributed by atoms with Crippen molar-refractivity contribution in [3.8, 4) is 0 Å². The molecule has 0 rings (SSSR count). The van der Waals surface area contributed by atoms with Crippen molar-refractivity contribution >= 4 is 13.8 Å². The minimum Gasteiger partial charge on any atom is -0.457 e. The first-order chi connectivity index (χ1) is 27.9. The van der Waals surface area contributed by atoms with Crippen LogP contribution >= 0.6 is 7.82 Å². The Morgan fingerprint density at radius 1 is 0.544 bits per heavy atom. The Kier molecular flexibility index (Phi) is 43.4. The lowest BCUT2D eigenvalue weighted by molar-refractivity contribution is -0.154. The topological polar surface area (TPSA) is 117 Å². The lowest BCUT2D eigenvalue weighted by Crippen LogP contribution is -2.28. The van der Waals surface area contributed by atoms with Crippen LogP contribution in [0.3, 0.4) is 0 Å². The Morgan fingerprint density at radius 2 is 0.982 bits per heavy atom. The molecule has 0 aliphatic rings. The maximum Gasteiger partial charge on any atom is 0.472 e. The molecule has 0 aromatic rings. The zero-order valence-electron chi connectivity index (χ0n) is 36.6. The summed E-state index contributed by atoms with van der Waals surface area (Å²) in [7, 11) is -4.29. The van der Waals surface area contributed by atoms with Crippen LogP contribution in [-0.2, 0) is 27.9 Å². The zero-order chi connectivity index (χ0) is 41.6. The van der Waals surface area contributed by atoms with E-state index in [2.05, 4.69) is 86.8 Å². The predicted molar refractivity (Wildman–Crippen MR) is 242 cm³/mol. The lowest BCUT2D eigenvalue weighted by atomic mass is 10.1. The van der Waals surface area contributed by atoms with E-state index >= 15 is 0 Å². The molecule has 0 aromatic carbocycles. The molecule has 2 unspecified atom stereocenters. The lowest BCUT2D eigenvalue weighted by Gasteiger charge is -2.20. The summed E-state index contributed by atoms with van der Waals surface area (Å²) in [5, 5.41) is 0. The van der Waals surface area contributed by atoms with Gasteiger partial charge in [0.1, 0.15) is 6.10 Å². The van der Waals surface area contributed by atoms with Crippen molar-refractivity contribution in [2.45, 2.75) is 193 Å². The fourth-order valence-corrected chi connectivity index (χ4v) is 6.77. The molecule has 0 bridgehead atoms. The van der Waals surface area contributed by atoms with Gasteiger partial charge in [0.15, 0.2) is 0 Å². The van der Waals surface area contributed by atoms with Gasteiger partial charge < -0.3 is 20.1 Å². The van der Waals surface area contributed by atoms with Gasteiger partial charge in [0.05, 0.1) is 19.8 Å². The van der Waals surface area contributed by atoms with Gasteiger partial charge >= 0.3 is 13.8 Å². The summed E-state index contributed by atoms with van der Waals surface area (Å²) >= 11 is 0. The molecule has 0 aliphatic heterocycles. The Bertz CT molecular complexity index is 1100. The Hall–Kier alpha value is -2.06. The molecular formula is C48H86NO7P. The minimum absolute atomic E-state index is 0.0944. The van der Waals surface area contributed by atoms with Crippen molar-refractivity contribution in [2.75, 3.05) is 33.0 Å². The molecule has 0 saturated carbocycles. The van der Waals surface area contributed by atoms with Crippen LogP contribution in [0.25, 0.3) is 0 Å². The maximum absolute atomic E-state index is 12.6. The first-order valence-corrected chi connectivity index (χ1v) is 24.4. The van der Waals surface area contributed by atoms with Gasteiger partial charge in [-0.15, -0.1) is 0 Å². The number of nitrogens with two attached hydrogens (primary N) is 1. The van der Waals surface area contributed by atoms with Crippen LogP contribution in [0.2, 0.25) is 0 Å². The Balaban J connectivity index is 3.98. The molecule has 0 amide bonds. The van der Waals surface area contributed by atoms with Crippen molar-refractivity contribution in [1.82, 2.24) is 0 Å². The van der Waals surface area contributed by atoms with Crippen molar-refractivity contribution in [3.05, 3.63) is 72.9 Å². The smallest absolute Gasteiger partial charge is 0.457 e. The van der Waals surface area contributed by atoms with Crippen LogP contribution in [-0.4, -0.2) is 49.9 Å². The van der Waals surface area contributed by atoms with E-state index in [0.717, 1.165) is 83.5 Å². The summed E-state index contributed by atoms with van der Waals surface area (Å²) in [6.07, 6.45) is 56.4.